The second-order valence-electron chi connectivity index (χ2n) is 10.6. The highest BCUT2D eigenvalue weighted by atomic mass is 32.1. The van der Waals surface area contributed by atoms with Crippen molar-refractivity contribution in [3.63, 3.8) is 0 Å². The van der Waals surface area contributed by atoms with Gasteiger partial charge >= 0.3 is 6.09 Å². The highest BCUT2D eigenvalue weighted by Crippen LogP contribution is 2.39. The Bertz CT molecular complexity index is 1540. The van der Waals surface area contributed by atoms with Gasteiger partial charge < -0.3 is 25.4 Å². The van der Waals surface area contributed by atoms with Crippen LogP contribution >= 0.6 is 11.3 Å². The van der Waals surface area contributed by atoms with E-state index in [1.165, 1.54) is 6.08 Å². The normalized spacial score (nSPS) is 15.5. The Morgan fingerprint density at radius 2 is 1.82 bits per heavy atom. The second kappa shape index (κ2) is 11.4. The molecular formula is C31H32N4O4S. The quantitative estimate of drug-likeness (QED) is 0.263. The van der Waals surface area contributed by atoms with E-state index in [9.17, 15) is 9.59 Å². The van der Waals surface area contributed by atoms with Crippen molar-refractivity contribution in [3.8, 4) is 22.6 Å². The van der Waals surface area contributed by atoms with Gasteiger partial charge in [-0.1, -0.05) is 30.3 Å². The topological polar surface area (TPSA) is 107 Å². The van der Waals surface area contributed by atoms with Crippen molar-refractivity contribution in [2.75, 3.05) is 18.8 Å². The van der Waals surface area contributed by atoms with Crippen LogP contribution in [-0.2, 0) is 9.53 Å². The molecule has 1 fully saturated rings. The lowest BCUT2D eigenvalue weighted by molar-refractivity contribution is -0.117. The number of carbonyl (C=O) groups is 2. The van der Waals surface area contributed by atoms with Gasteiger partial charge in [0.05, 0.1) is 0 Å². The molecule has 1 saturated heterocycles. The third-order valence-corrected chi connectivity index (χ3v) is 7.43. The molecule has 1 unspecified atom stereocenters. The molecule has 40 heavy (non-hydrogen) atoms. The molecule has 3 heterocycles. The summed E-state index contributed by atoms with van der Waals surface area (Å²) >= 11 is 1.56. The molecule has 2 amide bonds. The summed E-state index contributed by atoms with van der Waals surface area (Å²) in [5, 5.41) is 5.89. The van der Waals surface area contributed by atoms with Crippen LogP contribution in [0.15, 0.2) is 72.3 Å². The lowest BCUT2D eigenvalue weighted by Gasteiger charge is -2.24. The third kappa shape index (κ3) is 6.43. The van der Waals surface area contributed by atoms with Gasteiger partial charge in [-0.3, -0.25) is 4.79 Å². The minimum Gasteiger partial charge on any atom is -0.457 e. The van der Waals surface area contributed by atoms with E-state index >= 15 is 0 Å². The standard InChI is InChI=1S/C31H32N4O4S/c1-31(2,3)39-30(37)35-16-15-22(18-35)34-26(36)14-11-21-17-33-29(32)27-25(19-40-28(21)27)20-9-12-24(13-10-20)38-23-7-5-4-6-8-23/h4-14,17,19,22H,15-16,18H2,1-3H3,(H2,32,33)(H,34,36). The maximum atomic E-state index is 12.7. The average Bonchev–Trinajstić information content (AvgIpc) is 3.57. The van der Waals surface area contributed by atoms with Crippen molar-refractivity contribution < 1.29 is 19.1 Å². The molecule has 0 saturated carbocycles. The number of nitrogens with one attached hydrogen (secondary N) is 1. The van der Waals surface area contributed by atoms with Crippen LogP contribution in [0.1, 0.15) is 32.8 Å². The Morgan fingerprint density at radius 1 is 1.10 bits per heavy atom. The molecule has 0 radical (unpaired) electrons. The number of benzene rings is 2. The van der Waals surface area contributed by atoms with Crippen LogP contribution in [0.5, 0.6) is 11.5 Å². The number of carbonyl (C=O) groups excluding carboxylic acids is 2. The van der Waals surface area contributed by atoms with E-state index < -0.39 is 5.60 Å². The first kappa shape index (κ1) is 27.2. The molecule has 3 N–H and O–H groups in total. The molecule has 9 heteroatoms. The predicted octanol–water partition coefficient (Wildman–Crippen LogP) is 6.48. The SMILES string of the molecule is CC(C)(C)OC(=O)N1CCC(NC(=O)C=Cc2cnc(N)c3c(-c4ccc(Oc5ccccc5)cc4)csc23)C1. The van der Waals surface area contributed by atoms with Gasteiger partial charge in [0.2, 0.25) is 5.91 Å². The number of nitrogens with two attached hydrogens (primary N) is 1. The van der Waals surface area contributed by atoms with E-state index in [4.69, 9.17) is 15.2 Å². The van der Waals surface area contributed by atoms with Crippen LogP contribution in [-0.4, -0.2) is 46.6 Å². The van der Waals surface area contributed by atoms with Gasteiger partial charge in [-0.2, -0.15) is 0 Å². The van der Waals surface area contributed by atoms with Crippen molar-refractivity contribution in [3.05, 3.63) is 77.8 Å². The molecule has 0 spiro atoms. The number of ether oxygens (including phenoxy) is 2. The van der Waals surface area contributed by atoms with E-state index in [0.29, 0.717) is 25.3 Å². The number of rotatable bonds is 6. The summed E-state index contributed by atoms with van der Waals surface area (Å²) in [6.07, 6.45) is 5.25. The van der Waals surface area contributed by atoms with E-state index in [0.717, 1.165) is 38.3 Å². The summed E-state index contributed by atoms with van der Waals surface area (Å²) in [6, 6.07) is 17.4. The number of fused-ring (bicyclic) bond motifs is 1. The minimum absolute atomic E-state index is 0.128. The summed E-state index contributed by atoms with van der Waals surface area (Å²) in [5.41, 5.74) is 8.53. The summed E-state index contributed by atoms with van der Waals surface area (Å²) in [5.74, 6) is 1.72. The van der Waals surface area contributed by atoms with Crippen LogP contribution in [0.4, 0.5) is 10.6 Å². The molecule has 206 valence electrons. The largest absolute Gasteiger partial charge is 0.457 e. The molecule has 2 aromatic heterocycles. The van der Waals surface area contributed by atoms with Gasteiger partial charge in [-0.05, 0) is 68.5 Å². The average molecular weight is 557 g/mol. The van der Waals surface area contributed by atoms with Gasteiger partial charge in [-0.15, -0.1) is 11.3 Å². The molecule has 1 atom stereocenters. The lowest BCUT2D eigenvalue weighted by Crippen LogP contribution is -2.39. The first-order valence-electron chi connectivity index (χ1n) is 13.1. The highest BCUT2D eigenvalue weighted by Gasteiger charge is 2.30. The Labute approximate surface area is 237 Å². The monoisotopic (exact) mass is 556 g/mol. The van der Waals surface area contributed by atoms with Crippen LogP contribution in [0, 0.1) is 0 Å². The van der Waals surface area contributed by atoms with Gasteiger partial charge in [0.25, 0.3) is 0 Å². The second-order valence-corrected chi connectivity index (χ2v) is 11.5. The summed E-state index contributed by atoms with van der Waals surface area (Å²) in [7, 11) is 0. The number of nitrogen functional groups attached to an aromatic ring is 1. The van der Waals surface area contributed by atoms with Crippen molar-refractivity contribution in [2.45, 2.75) is 38.8 Å². The predicted molar refractivity (Wildman–Crippen MR) is 159 cm³/mol. The van der Waals surface area contributed by atoms with Crippen molar-refractivity contribution in [2.24, 2.45) is 0 Å². The smallest absolute Gasteiger partial charge is 0.410 e. The number of hydrogen-bond acceptors (Lipinski definition) is 7. The zero-order valence-corrected chi connectivity index (χ0v) is 23.5. The number of amides is 2. The highest BCUT2D eigenvalue weighted by molar-refractivity contribution is 7.18. The molecule has 4 aromatic rings. The fourth-order valence-corrected chi connectivity index (χ4v) is 5.61. The fraction of sp³-hybridized carbons (Fsp3) is 0.258. The van der Waals surface area contributed by atoms with Gasteiger partial charge in [-0.25, -0.2) is 9.78 Å². The van der Waals surface area contributed by atoms with Crippen molar-refractivity contribution in [1.82, 2.24) is 15.2 Å². The Balaban J connectivity index is 1.26. The Morgan fingerprint density at radius 3 is 2.55 bits per heavy atom. The lowest BCUT2D eigenvalue weighted by atomic mass is 10.0. The summed E-state index contributed by atoms with van der Waals surface area (Å²) in [6.45, 7) is 6.47. The molecule has 1 aliphatic heterocycles. The van der Waals surface area contributed by atoms with Crippen LogP contribution < -0.4 is 15.8 Å². The minimum atomic E-state index is -0.554. The van der Waals surface area contributed by atoms with E-state index in [2.05, 4.69) is 15.7 Å². The molecule has 8 nitrogen and oxygen atoms in total. The fourth-order valence-electron chi connectivity index (χ4n) is 4.53. The Kier molecular flexibility index (Phi) is 7.75. The van der Waals surface area contributed by atoms with Gasteiger partial charge in [0.1, 0.15) is 22.9 Å². The maximum absolute atomic E-state index is 12.7. The van der Waals surface area contributed by atoms with E-state index in [1.807, 2.05) is 75.4 Å². The number of likely N-dealkylation sites (tertiary alicyclic amines) is 1. The third-order valence-electron chi connectivity index (χ3n) is 6.40. The first-order valence-corrected chi connectivity index (χ1v) is 14.0. The zero-order valence-electron chi connectivity index (χ0n) is 22.7. The van der Waals surface area contributed by atoms with E-state index in [1.54, 1.807) is 28.5 Å². The molecule has 0 bridgehead atoms. The van der Waals surface area contributed by atoms with Gasteiger partial charge in [0.15, 0.2) is 0 Å². The number of nitrogens with zero attached hydrogens (tertiary/aromatic N) is 2. The van der Waals surface area contributed by atoms with Crippen LogP contribution in [0.3, 0.4) is 0 Å². The number of anilines is 1. The number of thiophene rings is 1. The summed E-state index contributed by atoms with van der Waals surface area (Å²) < 4.78 is 12.3. The molecular weight excluding hydrogens is 524 g/mol. The first-order chi connectivity index (χ1) is 19.2. The maximum Gasteiger partial charge on any atom is 0.410 e. The van der Waals surface area contributed by atoms with Crippen molar-refractivity contribution >= 4 is 45.3 Å². The number of para-hydroxylation sites is 1. The van der Waals surface area contributed by atoms with Crippen LogP contribution in [0.25, 0.3) is 27.3 Å². The van der Waals surface area contributed by atoms with Crippen LogP contribution in [0.2, 0.25) is 0 Å². The molecule has 1 aliphatic rings. The number of pyridine rings is 1. The van der Waals surface area contributed by atoms with Crippen molar-refractivity contribution in [1.29, 1.82) is 0 Å². The summed E-state index contributed by atoms with van der Waals surface area (Å²) in [4.78, 5) is 31.0. The Hall–Kier alpha value is -4.37. The number of hydrogen-bond donors (Lipinski definition) is 2. The molecule has 5 rings (SSSR count). The molecule has 2 aromatic carbocycles. The van der Waals surface area contributed by atoms with E-state index in [-0.39, 0.29) is 18.0 Å². The molecule has 0 aliphatic carbocycles. The number of aromatic nitrogens is 1. The van der Waals surface area contributed by atoms with Gasteiger partial charge in [0, 0.05) is 52.6 Å². The zero-order chi connectivity index (χ0) is 28.3.